The summed E-state index contributed by atoms with van der Waals surface area (Å²) in [6.07, 6.45) is 0. The number of hydrogen-bond acceptors (Lipinski definition) is 2. The number of hydrogen-bond donors (Lipinski definition) is 0. The molecule has 0 amide bonds. The first-order valence-electron chi connectivity index (χ1n) is 7.95. The predicted molar refractivity (Wildman–Crippen MR) is 100.0 cm³/mol. The molecule has 0 fully saturated rings. The van der Waals surface area contributed by atoms with E-state index >= 15 is 0 Å². The number of ether oxygens (including phenoxy) is 2. The summed E-state index contributed by atoms with van der Waals surface area (Å²) in [5.74, 6) is 1.52. The molecule has 0 spiro atoms. The van der Waals surface area contributed by atoms with Crippen molar-refractivity contribution in [2.75, 3.05) is 14.2 Å². The van der Waals surface area contributed by atoms with E-state index in [9.17, 15) is 0 Å². The van der Waals surface area contributed by atoms with Gasteiger partial charge in [0.05, 0.1) is 14.2 Å². The van der Waals surface area contributed by atoms with Crippen molar-refractivity contribution in [2.24, 2.45) is 0 Å². The van der Waals surface area contributed by atoms with Gasteiger partial charge in [0, 0.05) is 5.56 Å². The highest BCUT2D eigenvalue weighted by Gasteiger charge is 2.18. The number of rotatable bonds is 3. The summed E-state index contributed by atoms with van der Waals surface area (Å²) in [7, 11) is 3.38. The molecule has 2 nitrogen and oxygen atoms in total. The molecule has 0 saturated carbocycles. The van der Waals surface area contributed by atoms with Crippen LogP contribution < -0.4 is 9.47 Å². The Morgan fingerprint density at radius 3 is 2.04 bits per heavy atom. The molecule has 0 aliphatic heterocycles. The Balaban J connectivity index is 2.19. The highest BCUT2D eigenvalue weighted by Crippen LogP contribution is 2.45. The largest absolute Gasteiger partial charge is 0.493 e. The molecule has 0 aliphatic rings. The minimum atomic E-state index is 0.749. The van der Waals surface area contributed by atoms with Gasteiger partial charge < -0.3 is 9.47 Å². The third-order valence-corrected chi connectivity index (χ3v) is 4.45. The summed E-state index contributed by atoms with van der Waals surface area (Å²) >= 11 is 0. The lowest BCUT2D eigenvalue weighted by Gasteiger charge is -2.17. The van der Waals surface area contributed by atoms with Crippen molar-refractivity contribution in [1.82, 2.24) is 0 Å². The molecule has 118 valence electrons. The fourth-order valence-corrected chi connectivity index (χ4v) is 3.37. The average Bonchev–Trinajstić information content (AvgIpc) is 2.66. The Hall–Kier alpha value is -3.00. The van der Waals surface area contributed by atoms with Gasteiger partial charge in [-0.25, -0.2) is 0 Å². The van der Waals surface area contributed by atoms with Crippen LogP contribution in [0.3, 0.4) is 0 Å². The molecule has 24 heavy (non-hydrogen) atoms. The van der Waals surface area contributed by atoms with Gasteiger partial charge in [0.15, 0.2) is 11.5 Å². The van der Waals surface area contributed by atoms with Gasteiger partial charge >= 0.3 is 0 Å². The maximum Gasteiger partial charge on any atom is 0.169 e. The van der Waals surface area contributed by atoms with Crippen LogP contribution in [0.4, 0.5) is 0 Å². The molecule has 0 bridgehead atoms. The second kappa shape index (κ2) is 5.89. The van der Waals surface area contributed by atoms with E-state index in [-0.39, 0.29) is 0 Å². The Morgan fingerprint density at radius 2 is 1.29 bits per heavy atom. The fourth-order valence-electron chi connectivity index (χ4n) is 3.37. The standard InChI is InChI=1S/C22H18O2/c1-23-20-14-16-9-4-6-12-18(16)21(22(20)24-2)19-13-7-10-15-8-3-5-11-17(15)19/h3-14H,1-2H3. The van der Waals surface area contributed by atoms with Crippen molar-refractivity contribution in [2.45, 2.75) is 0 Å². The zero-order chi connectivity index (χ0) is 16.5. The van der Waals surface area contributed by atoms with Crippen molar-refractivity contribution in [1.29, 1.82) is 0 Å². The Labute approximate surface area is 141 Å². The second-order valence-electron chi connectivity index (χ2n) is 5.73. The van der Waals surface area contributed by atoms with Gasteiger partial charge in [0.25, 0.3) is 0 Å². The molecule has 4 aromatic carbocycles. The minimum absolute atomic E-state index is 0.749. The smallest absolute Gasteiger partial charge is 0.169 e. The van der Waals surface area contributed by atoms with Crippen LogP contribution in [0.15, 0.2) is 72.8 Å². The second-order valence-corrected chi connectivity index (χ2v) is 5.73. The molecule has 0 aliphatic carbocycles. The number of methoxy groups -OCH3 is 2. The Bertz CT molecular complexity index is 1030. The molecule has 0 atom stereocenters. The van der Waals surface area contributed by atoms with E-state index in [1.807, 2.05) is 12.1 Å². The monoisotopic (exact) mass is 314 g/mol. The van der Waals surface area contributed by atoms with E-state index in [0.717, 1.165) is 33.4 Å². The molecule has 0 saturated heterocycles. The summed E-state index contributed by atoms with van der Waals surface area (Å²) in [4.78, 5) is 0. The van der Waals surface area contributed by atoms with Crippen molar-refractivity contribution in [3.63, 3.8) is 0 Å². The zero-order valence-corrected chi connectivity index (χ0v) is 13.7. The molecule has 0 heterocycles. The average molecular weight is 314 g/mol. The molecule has 4 aromatic rings. The maximum absolute atomic E-state index is 5.75. The van der Waals surface area contributed by atoms with Crippen LogP contribution in [0.1, 0.15) is 0 Å². The van der Waals surface area contributed by atoms with Crippen LogP contribution in [0, 0.1) is 0 Å². The lowest BCUT2D eigenvalue weighted by molar-refractivity contribution is 0.357. The van der Waals surface area contributed by atoms with Gasteiger partial charge in [0.2, 0.25) is 0 Å². The summed E-state index contributed by atoms with van der Waals surface area (Å²) < 4.78 is 11.3. The third kappa shape index (κ3) is 2.19. The SMILES string of the molecule is COc1cc2ccccc2c(-c2cccc3ccccc23)c1OC. The third-order valence-electron chi connectivity index (χ3n) is 4.45. The molecule has 2 heteroatoms. The summed E-state index contributed by atoms with van der Waals surface area (Å²) in [5.41, 5.74) is 2.23. The molecular formula is C22H18O2. The molecular weight excluding hydrogens is 296 g/mol. The molecule has 0 aromatic heterocycles. The molecule has 0 unspecified atom stereocenters. The highest BCUT2D eigenvalue weighted by atomic mass is 16.5. The van der Waals surface area contributed by atoms with E-state index in [4.69, 9.17) is 9.47 Å². The summed E-state index contributed by atoms with van der Waals surface area (Å²) in [6, 6.07) is 25.2. The molecule has 0 N–H and O–H groups in total. The van der Waals surface area contributed by atoms with Gasteiger partial charge in [-0.3, -0.25) is 0 Å². The van der Waals surface area contributed by atoms with Gasteiger partial charge in [-0.1, -0.05) is 66.7 Å². The fraction of sp³-hybridized carbons (Fsp3) is 0.0909. The van der Waals surface area contributed by atoms with Crippen LogP contribution in [0.5, 0.6) is 11.5 Å². The van der Waals surface area contributed by atoms with Gasteiger partial charge in [-0.2, -0.15) is 0 Å². The van der Waals surface area contributed by atoms with Crippen LogP contribution in [-0.2, 0) is 0 Å². The maximum atomic E-state index is 5.75. The van der Waals surface area contributed by atoms with E-state index < -0.39 is 0 Å². The van der Waals surface area contributed by atoms with Crippen molar-refractivity contribution < 1.29 is 9.47 Å². The first-order chi connectivity index (χ1) is 11.8. The topological polar surface area (TPSA) is 18.5 Å². The van der Waals surface area contributed by atoms with E-state index in [0.29, 0.717) is 0 Å². The van der Waals surface area contributed by atoms with Crippen LogP contribution in [0.2, 0.25) is 0 Å². The van der Waals surface area contributed by atoms with Crippen molar-refractivity contribution in [3.05, 3.63) is 72.8 Å². The number of benzene rings is 4. The molecule has 4 rings (SSSR count). The lowest BCUT2D eigenvalue weighted by Crippen LogP contribution is -1.95. The molecule has 0 radical (unpaired) electrons. The number of fused-ring (bicyclic) bond motifs is 2. The van der Waals surface area contributed by atoms with Gasteiger partial charge in [-0.15, -0.1) is 0 Å². The lowest BCUT2D eigenvalue weighted by atomic mass is 9.92. The Kier molecular flexibility index (Phi) is 3.58. The minimum Gasteiger partial charge on any atom is -0.493 e. The van der Waals surface area contributed by atoms with Crippen molar-refractivity contribution >= 4 is 21.5 Å². The van der Waals surface area contributed by atoms with Crippen LogP contribution >= 0.6 is 0 Å². The predicted octanol–water partition coefficient (Wildman–Crippen LogP) is 5.68. The van der Waals surface area contributed by atoms with E-state index in [2.05, 4.69) is 60.7 Å². The van der Waals surface area contributed by atoms with Gasteiger partial charge in [-0.05, 0) is 33.2 Å². The normalized spacial score (nSPS) is 10.9. The quantitative estimate of drug-likeness (QED) is 0.484. The Morgan fingerprint density at radius 1 is 0.625 bits per heavy atom. The van der Waals surface area contributed by atoms with Crippen LogP contribution in [0.25, 0.3) is 32.7 Å². The first kappa shape index (κ1) is 14.6. The van der Waals surface area contributed by atoms with Crippen molar-refractivity contribution in [3.8, 4) is 22.6 Å². The van der Waals surface area contributed by atoms with Crippen LogP contribution in [-0.4, -0.2) is 14.2 Å². The van der Waals surface area contributed by atoms with E-state index in [1.165, 1.54) is 10.8 Å². The zero-order valence-electron chi connectivity index (χ0n) is 13.7. The highest BCUT2D eigenvalue weighted by molar-refractivity contribution is 6.08. The van der Waals surface area contributed by atoms with Gasteiger partial charge in [0.1, 0.15) is 0 Å². The van der Waals surface area contributed by atoms with E-state index in [1.54, 1.807) is 14.2 Å². The summed E-state index contributed by atoms with van der Waals surface area (Å²) in [6.45, 7) is 0. The summed E-state index contributed by atoms with van der Waals surface area (Å²) in [5, 5.41) is 4.71. The first-order valence-corrected chi connectivity index (χ1v) is 7.95.